The Morgan fingerprint density at radius 1 is 1.18 bits per heavy atom. The number of hydrogen-bond acceptors (Lipinski definition) is 4. The van der Waals surface area contributed by atoms with Crippen LogP contribution in [0.2, 0.25) is 0 Å². The predicted molar refractivity (Wildman–Crippen MR) is 86.8 cm³/mol. The Bertz CT molecular complexity index is 777. The molecule has 4 rings (SSSR count). The van der Waals surface area contributed by atoms with E-state index in [0.717, 1.165) is 54.2 Å². The molecule has 0 unspecified atom stereocenters. The molecule has 0 saturated carbocycles. The van der Waals surface area contributed by atoms with E-state index in [0.29, 0.717) is 6.04 Å². The molecule has 3 heterocycles. The second-order valence-corrected chi connectivity index (χ2v) is 5.58. The third-order valence-corrected chi connectivity index (χ3v) is 4.01. The highest BCUT2D eigenvalue weighted by Crippen LogP contribution is 2.23. The number of benzene rings is 1. The summed E-state index contributed by atoms with van der Waals surface area (Å²) in [7, 11) is 0. The van der Waals surface area contributed by atoms with Crippen LogP contribution in [0.4, 0.5) is 5.69 Å². The standard InChI is InChI=1S/C17H18N4O/c1-2-12(16-11-19-17-15(21-16)4-7-18-17)10-14(3-1)20-13-5-8-22-9-6-13/h1-4,7,10-11,13,20H,5-6,8-9H2,(H,18,19). The summed E-state index contributed by atoms with van der Waals surface area (Å²) in [5.74, 6) is 0. The van der Waals surface area contributed by atoms with Gasteiger partial charge in [0.25, 0.3) is 0 Å². The van der Waals surface area contributed by atoms with Crippen LogP contribution < -0.4 is 5.32 Å². The second-order valence-electron chi connectivity index (χ2n) is 5.58. The minimum atomic E-state index is 0.488. The van der Waals surface area contributed by atoms with Crippen molar-refractivity contribution in [3.8, 4) is 11.3 Å². The van der Waals surface area contributed by atoms with Crippen LogP contribution in [-0.2, 0) is 4.74 Å². The van der Waals surface area contributed by atoms with Crippen molar-refractivity contribution in [3.63, 3.8) is 0 Å². The first kappa shape index (κ1) is 13.3. The average molecular weight is 294 g/mol. The lowest BCUT2D eigenvalue weighted by Crippen LogP contribution is -2.27. The summed E-state index contributed by atoms with van der Waals surface area (Å²) in [6.45, 7) is 1.68. The summed E-state index contributed by atoms with van der Waals surface area (Å²) in [6.07, 6.45) is 5.78. The molecule has 3 aromatic rings. The molecule has 2 aromatic heterocycles. The minimum Gasteiger partial charge on any atom is -0.382 e. The third-order valence-electron chi connectivity index (χ3n) is 4.01. The quantitative estimate of drug-likeness (QED) is 0.778. The van der Waals surface area contributed by atoms with Gasteiger partial charge in [-0.05, 0) is 31.0 Å². The summed E-state index contributed by atoms with van der Waals surface area (Å²) < 4.78 is 5.40. The van der Waals surface area contributed by atoms with Gasteiger partial charge in [0.1, 0.15) is 5.52 Å². The maximum absolute atomic E-state index is 5.40. The maximum atomic E-state index is 5.40. The van der Waals surface area contributed by atoms with Gasteiger partial charge < -0.3 is 15.0 Å². The number of H-pyrrole nitrogens is 1. The lowest BCUT2D eigenvalue weighted by molar-refractivity contribution is 0.0904. The lowest BCUT2D eigenvalue weighted by atomic mass is 10.1. The fourth-order valence-electron chi connectivity index (χ4n) is 2.82. The molecule has 0 bridgehead atoms. The van der Waals surface area contributed by atoms with E-state index < -0.39 is 0 Å². The maximum Gasteiger partial charge on any atom is 0.156 e. The molecule has 22 heavy (non-hydrogen) atoms. The summed E-state index contributed by atoms with van der Waals surface area (Å²) in [5, 5.41) is 3.59. The third kappa shape index (κ3) is 2.67. The number of aromatic nitrogens is 3. The van der Waals surface area contributed by atoms with Crippen LogP contribution in [-0.4, -0.2) is 34.2 Å². The van der Waals surface area contributed by atoms with E-state index in [4.69, 9.17) is 4.74 Å². The monoisotopic (exact) mass is 294 g/mol. The highest BCUT2D eigenvalue weighted by molar-refractivity contribution is 5.75. The van der Waals surface area contributed by atoms with E-state index in [9.17, 15) is 0 Å². The number of anilines is 1. The molecule has 0 amide bonds. The van der Waals surface area contributed by atoms with Crippen LogP contribution in [0.15, 0.2) is 42.7 Å². The summed E-state index contributed by atoms with van der Waals surface area (Å²) >= 11 is 0. The molecular formula is C17H18N4O. The zero-order chi connectivity index (χ0) is 14.8. The van der Waals surface area contributed by atoms with Gasteiger partial charge in [0.2, 0.25) is 0 Å². The van der Waals surface area contributed by atoms with E-state index >= 15 is 0 Å². The van der Waals surface area contributed by atoms with E-state index in [1.165, 1.54) is 0 Å². The summed E-state index contributed by atoms with van der Waals surface area (Å²) in [6, 6.07) is 10.8. The number of nitrogens with one attached hydrogen (secondary N) is 2. The summed E-state index contributed by atoms with van der Waals surface area (Å²) in [4.78, 5) is 12.1. The zero-order valence-corrected chi connectivity index (χ0v) is 12.2. The van der Waals surface area contributed by atoms with Gasteiger partial charge in [0.05, 0.1) is 11.9 Å². The largest absolute Gasteiger partial charge is 0.382 e. The van der Waals surface area contributed by atoms with Gasteiger partial charge in [0, 0.05) is 36.7 Å². The van der Waals surface area contributed by atoms with Gasteiger partial charge in [-0.25, -0.2) is 9.97 Å². The van der Waals surface area contributed by atoms with E-state index in [1.807, 2.05) is 18.5 Å². The second kappa shape index (κ2) is 5.77. The molecule has 2 N–H and O–H groups in total. The Labute approximate surface area is 128 Å². The van der Waals surface area contributed by atoms with Crippen molar-refractivity contribution in [1.29, 1.82) is 0 Å². The van der Waals surface area contributed by atoms with Crippen molar-refractivity contribution in [3.05, 3.63) is 42.7 Å². The molecule has 1 aliphatic heterocycles. The van der Waals surface area contributed by atoms with Crippen molar-refractivity contribution in [2.45, 2.75) is 18.9 Å². The first-order valence-electron chi connectivity index (χ1n) is 7.63. The van der Waals surface area contributed by atoms with Crippen molar-refractivity contribution >= 4 is 16.9 Å². The first-order valence-corrected chi connectivity index (χ1v) is 7.63. The Balaban J connectivity index is 1.60. The Hall–Kier alpha value is -2.40. The first-order chi connectivity index (χ1) is 10.9. The van der Waals surface area contributed by atoms with Gasteiger partial charge in [-0.3, -0.25) is 0 Å². The molecule has 112 valence electrons. The number of rotatable bonds is 3. The van der Waals surface area contributed by atoms with Crippen molar-refractivity contribution in [1.82, 2.24) is 15.0 Å². The number of ether oxygens (including phenoxy) is 1. The van der Waals surface area contributed by atoms with Gasteiger partial charge in [-0.2, -0.15) is 0 Å². The van der Waals surface area contributed by atoms with E-state index in [1.54, 1.807) is 0 Å². The predicted octanol–water partition coefficient (Wildman–Crippen LogP) is 3.22. The molecule has 5 heteroatoms. The zero-order valence-electron chi connectivity index (χ0n) is 12.2. The SMILES string of the molecule is c1cc(NC2CCOCC2)cc(-c2cnc3[nH]ccc3n2)c1. The number of hydrogen-bond donors (Lipinski definition) is 2. The van der Waals surface area contributed by atoms with Crippen molar-refractivity contribution in [2.75, 3.05) is 18.5 Å². The van der Waals surface area contributed by atoms with Crippen LogP contribution in [0.25, 0.3) is 22.4 Å². The van der Waals surface area contributed by atoms with Crippen LogP contribution >= 0.6 is 0 Å². The normalized spacial score (nSPS) is 16.0. The fraction of sp³-hybridized carbons (Fsp3) is 0.294. The molecule has 1 fully saturated rings. The molecule has 0 aliphatic carbocycles. The summed E-state index contributed by atoms with van der Waals surface area (Å²) in [5.41, 5.74) is 4.80. The van der Waals surface area contributed by atoms with Crippen LogP contribution in [0.5, 0.6) is 0 Å². The minimum absolute atomic E-state index is 0.488. The number of nitrogens with zero attached hydrogens (tertiary/aromatic N) is 2. The number of aromatic amines is 1. The van der Waals surface area contributed by atoms with Crippen molar-refractivity contribution in [2.24, 2.45) is 0 Å². The Morgan fingerprint density at radius 2 is 2.09 bits per heavy atom. The number of fused-ring (bicyclic) bond motifs is 1. The molecule has 0 atom stereocenters. The van der Waals surface area contributed by atoms with E-state index in [2.05, 4.69) is 44.5 Å². The Morgan fingerprint density at radius 3 is 3.00 bits per heavy atom. The molecule has 1 aliphatic rings. The van der Waals surface area contributed by atoms with Gasteiger partial charge in [0.15, 0.2) is 5.65 Å². The molecule has 1 aromatic carbocycles. The van der Waals surface area contributed by atoms with Crippen LogP contribution in [0.1, 0.15) is 12.8 Å². The molecule has 5 nitrogen and oxygen atoms in total. The highest BCUT2D eigenvalue weighted by atomic mass is 16.5. The molecule has 1 saturated heterocycles. The fourth-order valence-corrected chi connectivity index (χ4v) is 2.82. The highest BCUT2D eigenvalue weighted by Gasteiger charge is 2.13. The average Bonchev–Trinajstić information content (AvgIpc) is 3.04. The molecule has 0 radical (unpaired) electrons. The lowest BCUT2D eigenvalue weighted by Gasteiger charge is -2.24. The Kier molecular flexibility index (Phi) is 3.48. The smallest absolute Gasteiger partial charge is 0.156 e. The van der Waals surface area contributed by atoms with Gasteiger partial charge in [-0.15, -0.1) is 0 Å². The molecular weight excluding hydrogens is 276 g/mol. The van der Waals surface area contributed by atoms with Crippen LogP contribution in [0.3, 0.4) is 0 Å². The van der Waals surface area contributed by atoms with E-state index in [-0.39, 0.29) is 0 Å². The molecule has 0 spiro atoms. The van der Waals surface area contributed by atoms with Crippen molar-refractivity contribution < 1.29 is 4.74 Å². The van der Waals surface area contributed by atoms with Gasteiger partial charge in [-0.1, -0.05) is 12.1 Å². The van der Waals surface area contributed by atoms with Gasteiger partial charge >= 0.3 is 0 Å². The van der Waals surface area contributed by atoms with Crippen LogP contribution in [0, 0.1) is 0 Å². The topological polar surface area (TPSA) is 62.8 Å².